The molecule has 0 bridgehead atoms. The van der Waals surface area contributed by atoms with Crippen LogP contribution in [0.4, 0.5) is 105 Å². The number of pyridine rings is 1. The highest BCUT2D eigenvalue weighted by Gasteiger charge is 2.47. The van der Waals surface area contributed by atoms with Crippen LogP contribution in [0.3, 0.4) is 0 Å². The van der Waals surface area contributed by atoms with Crippen molar-refractivity contribution in [1.29, 1.82) is 0 Å². The minimum absolute atomic E-state index is 0.691. The van der Waals surface area contributed by atoms with Crippen molar-refractivity contribution in [3.05, 3.63) is 193 Å². The fraction of sp³-hybridized carbons (Fsp3) is 0.188. The second-order valence-corrected chi connectivity index (χ2v) is 18.2. The van der Waals surface area contributed by atoms with Gasteiger partial charge in [0, 0.05) is 37.4 Å². The Labute approximate surface area is 427 Å². The average molecular weight is 1240 g/mol. The van der Waals surface area contributed by atoms with Crippen molar-refractivity contribution in [3.63, 3.8) is 0 Å². The van der Waals surface area contributed by atoms with Crippen LogP contribution in [0.5, 0.6) is 0 Å². The second kappa shape index (κ2) is 20.5. The Hall–Kier alpha value is -5.93. The standard InChI is InChI=1S/C32H12BF24.C16H12Br2N/c34-25(35,36)13-1-14(26(37,38)39)6-21(5-13)33(22-7-15(27(40,41)42)2-16(8-22)28(43,44)45,23-9-17(29(46,47)48)3-18(10-23)30(49,50)51)24-11-19(31(52,53)54)4-20(12-24)32(55,56)57;17-15-8-4-7-14-13(15)9-10-19(16(14)18)11-12-5-2-1-3-6-12/h1-12H;1-10H,11H2/q-1;+1. The summed E-state index contributed by atoms with van der Waals surface area (Å²) < 4.78 is 345. The third-order valence-corrected chi connectivity index (χ3v) is 13.2. The summed E-state index contributed by atoms with van der Waals surface area (Å²) in [4.78, 5) is 0. The molecule has 1 nitrogen and oxygen atoms in total. The molecule has 1 heterocycles. The first-order chi connectivity index (χ1) is 34.5. The minimum Gasteiger partial charge on any atom is -0.194 e. The Morgan fingerprint density at radius 1 is 0.316 bits per heavy atom. The van der Waals surface area contributed by atoms with E-state index in [4.69, 9.17) is 0 Å². The Morgan fingerprint density at radius 2 is 0.592 bits per heavy atom. The topological polar surface area (TPSA) is 3.88 Å². The van der Waals surface area contributed by atoms with Gasteiger partial charge in [0.1, 0.15) is 6.15 Å². The van der Waals surface area contributed by atoms with Crippen molar-refractivity contribution < 1.29 is 110 Å². The van der Waals surface area contributed by atoms with E-state index < -0.39 is 195 Å². The monoisotopic (exact) mass is 1240 g/mol. The predicted octanol–water partition coefficient (Wildman–Crippen LogP) is 15.9. The summed E-state index contributed by atoms with van der Waals surface area (Å²) in [5.74, 6) is 0. The molecular weight excluding hydrogens is 1220 g/mol. The number of alkyl halides is 24. The van der Waals surface area contributed by atoms with E-state index >= 15 is 0 Å². The van der Waals surface area contributed by atoms with Crippen LogP contribution in [0.25, 0.3) is 10.8 Å². The number of halogens is 26. The van der Waals surface area contributed by atoms with Gasteiger partial charge in [-0.2, -0.15) is 132 Å². The molecule has 0 atom stereocenters. The van der Waals surface area contributed by atoms with Crippen molar-refractivity contribution in [2.45, 2.75) is 56.0 Å². The lowest BCUT2D eigenvalue weighted by molar-refractivity contribution is -0.697. The summed E-state index contributed by atoms with van der Waals surface area (Å²) >= 11 is 7.31. The summed E-state index contributed by atoms with van der Waals surface area (Å²) in [6, 6.07) is 10.1. The Kier molecular flexibility index (Phi) is 16.0. The molecule has 0 radical (unpaired) electrons. The van der Waals surface area contributed by atoms with Gasteiger partial charge in [0.25, 0.3) is 4.60 Å². The number of hydrogen-bond acceptors (Lipinski definition) is 0. The van der Waals surface area contributed by atoms with Crippen LogP contribution in [0.2, 0.25) is 0 Å². The quantitative estimate of drug-likeness (QED) is 0.0676. The number of benzene rings is 6. The lowest BCUT2D eigenvalue weighted by Gasteiger charge is -2.46. The second-order valence-electron chi connectivity index (χ2n) is 16.6. The van der Waals surface area contributed by atoms with E-state index in [-0.39, 0.29) is 0 Å². The fourth-order valence-corrected chi connectivity index (χ4v) is 9.33. The maximum atomic E-state index is 14.2. The van der Waals surface area contributed by atoms with Crippen LogP contribution in [0.15, 0.2) is 143 Å². The lowest BCUT2D eigenvalue weighted by Crippen LogP contribution is -2.75. The van der Waals surface area contributed by atoms with E-state index in [1.165, 1.54) is 16.3 Å². The van der Waals surface area contributed by atoms with Gasteiger partial charge in [-0.3, -0.25) is 0 Å². The fourth-order valence-electron chi connectivity index (χ4n) is 8.24. The van der Waals surface area contributed by atoms with Crippen molar-refractivity contribution in [2.75, 3.05) is 0 Å². The molecule has 0 amide bonds. The van der Waals surface area contributed by atoms with Crippen molar-refractivity contribution in [3.8, 4) is 0 Å². The van der Waals surface area contributed by atoms with E-state index in [1.54, 1.807) is 0 Å². The molecule has 0 N–H and O–H groups in total. The summed E-state index contributed by atoms with van der Waals surface area (Å²) in [7, 11) is 0. The minimum atomic E-state index is -6.13. The molecule has 76 heavy (non-hydrogen) atoms. The zero-order chi connectivity index (χ0) is 57.2. The Morgan fingerprint density at radius 3 is 0.855 bits per heavy atom. The smallest absolute Gasteiger partial charge is 0.194 e. The van der Waals surface area contributed by atoms with E-state index in [0.29, 0.717) is 0 Å². The lowest BCUT2D eigenvalue weighted by atomic mass is 9.12. The Balaban J connectivity index is 0.000000408. The molecule has 0 aliphatic heterocycles. The normalized spacial score (nSPS) is 13.4. The number of nitrogens with zero attached hydrogens (tertiary/aromatic N) is 1. The molecule has 0 aliphatic carbocycles. The molecular formula is C48H24BBr2F24N. The van der Waals surface area contributed by atoms with Gasteiger partial charge in [-0.1, -0.05) is 101 Å². The molecule has 0 saturated carbocycles. The van der Waals surface area contributed by atoms with Crippen LogP contribution in [-0.4, -0.2) is 6.15 Å². The highest BCUT2D eigenvalue weighted by molar-refractivity contribution is 9.11. The average Bonchev–Trinajstić information content (AvgIpc) is 3.28. The van der Waals surface area contributed by atoms with E-state index in [9.17, 15) is 105 Å². The SMILES string of the molecule is Brc1cccc2c(Br)[n+](Cc3ccccc3)ccc12.FC(F)(F)c1cc([B-](c2cc(C(F)(F)F)cc(C(F)(F)F)c2)(c2cc(C(F)(F)F)cc(C(F)(F)F)c2)c2cc(C(F)(F)F)cc(C(F)(F)F)c2)cc(C(F)(F)F)c1. The van der Waals surface area contributed by atoms with Gasteiger partial charge in [-0.15, -0.1) is 0 Å². The van der Waals surface area contributed by atoms with Crippen LogP contribution < -0.4 is 26.4 Å². The summed E-state index contributed by atoms with van der Waals surface area (Å²) in [5, 5.41) is 2.44. The molecule has 0 aliphatic rings. The zero-order valence-corrected chi connectivity index (χ0v) is 39.9. The molecule has 6 aromatic carbocycles. The molecule has 0 spiro atoms. The number of rotatable bonds is 6. The van der Waals surface area contributed by atoms with Crippen LogP contribution in [-0.2, 0) is 56.0 Å². The molecule has 1 aromatic heterocycles. The third-order valence-electron chi connectivity index (χ3n) is 11.6. The molecule has 7 aromatic rings. The molecule has 0 fully saturated rings. The maximum absolute atomic E-state index is 14.2. The largest absolute Gasteiger partial charge is 0.416 e. The summed E-state index contributed by atoms with van der Waals surface area (Å²) in [5.41, 5.74) is -28.9. The predicted molar refractivity (Wildman–Crippen MR) is 235 cm³/mol. The summed E-state index contributed by atoms with van der Waals surface area (Å²) in [6.07, 6.45) is -52.7. The number of aromatic nitrogens is 1. The van der Waals surface area contributed by atoms with E-state index in [0.717, 1.165) is 15.6 Å². The van der Waals surface area contributed by atoms with Crippen molar-refractivity contribution >= 4 is 70.6 Å². The first kappa shape index (κ1) is 59.3. The summed E-state index contributed by atoms with van der Waals surface area (Å²) in [6.45, 7) is 0.865. The number of fused-ring (bicyclic) bond motifs is 1. The van der Waals surface area contributed by atoms with E-state index in [2.05, 4.69) is 91.2 Å². The van der Waals surface area contributed by atoms with Gasteiger partial charge in [0.15, 0.2) is 12.7 Å². The van der Waals surface area contributed by atoms with Gasteiger partial charge >= 0.3 is 49.4 Å². The maximum Gasteiger partial charge on any atom is 0.416 e. The van der Waals surface area contributed by atoms with Crippen molar-refractivity contribution in [1.82, 2.24) is 0 Å². The first-order valence-electron chi connectivity index (χ1n) is 20.7. The van der Waals surface area contributed by atoms with Gasteiger partial charge < -0.3 is 0 Å². The van der Waals surface area contributed by atoms with Gasteiger partial charge in [0.05, 0.1) is 49.9 Å². The molecule has 0 saturated heterocycles. The molecule has 28 heteroatoms. The van der Waals surface area contributed by atoms with Gasteiger partial charge in [-0.25, -0.2) is 0 Å². The highest BCUT2D eigenvalue weighted by atomic mass is 79.9. The van der Waals surface area contributed by atoms with Crippen LogP contribution in [0, 0.1) is 0 Å². The molecule has 7 rings (SSSR count). The third kappa shape index (κ3) is 13.1. The number of hydrogen-bond donors (Lipinski definition) is 0. The Bertz CT molecular complexity index is 2820. The van der Waals surface area contributed by atoms with E-state index in [1.807, 2.05) is 6.07 Å². The highest BCUT2D eigenvalue weighted by Crippen LogP contribution is 2.41. The first-order valence-corrected chi connectivity index (χ1v) is 22.3. The van der Waals surface area contributed by atoms with Gasteiger partial charge in [0.2, 0.25) is 0 Å². The zero-order valence-electron chi connectivity index (χ0n) is 36.8. The van der Waals surface area contributed by atoms with Crippen molar-refractivity contribution in [2.24, 2.45) is 0 Å². The van der Waals surface area contributed by atoms with Crippen LogP contribution in [0.1, 0.15) is 50.1 Å². The molecule has 0 unspecified atom stereocenters. The molecule has 406 valence electrons. The van der Waals surface area contributed by atoms with Crippen LogP contribution >= 0.6 is 31.9 Å². The van der Waals surface area contributed by atoms with Gasteiger partial charge in [-0.05, 0) is 36.4 Å².